The quantitative estimate of drug-likeness (QED) is 0.907. The lowest BCUT2D eigenvalue weighted by Gasteiger charge is -2.33. The molecule has 1 aromatic heterocycles. The number of aromatic nitrogens is 1. The molecule has 5 heteroatoms. The monoisotopic (exact) mass is 310 g/mol. The topological polar surface area (TPSA) is 71.2 Å². The SMILES string of the molecule is Nc1ccncc1C(=O)NC1CCCN(Cc2ccccc2)C1. The Labute approximate surface area is 136 Å². The number of anilines is 1. The summed E-state index contributed by atoms with van der Waals surface area (Å²) in [5, 5.41) is 3.09. The molecule has 0 radical (unpaired) electrons. The molecule has 0 aliphatic carbocycles. The first-order chi connectivity index (χ1) is 11.2. The van der Waals surface area contributed by atoms with E-state index in [0.717, 1.165) is 32.5 Å². The van der Waals surface area contributed by atoms with E-state index in [9.17, 15) is 4.79 Å². The number of piperidine rings is 1. The molecule has 1 unspecified atom stereocenters. The van der Waals surface area contributed by atoms with Crippen LogP contribution in [0.25, 0.3) is 0 Å². The first kappa shape index (κ1) is 15.5. The lowest BCUT2D eigenvalue weighted by Crippen LogP contribution is -2.47. The normalized spacial score (nSPS) is 18.5. The van der Waals surface area contributed by atoms with E-state index in [2.05, 4.69) is 39.5 Å². The van der Waals surface area contributed by atoms with Crippen molar-refractivity contribution in [1.82, 2.24) is 15.2 Å². The predicted octanol–water partition coefficient (Wildman–Crippen LogP) is 2.06. The van der Waals surface area contributed by atoms with Crippen LogP contribution in [0.15, 0.2) is 48.8 Å². The van der Waals surface area contributed by atoms with Crippen molar-refractivity contribution in [3.05, 3.63) is 59.9 Å². The maximum Gasteiger partial charge on any atom is 0.255 e. The van der Waals surface area contributed by atoms with E-state index in [1.54, 1.807) is 12.3 Å². The van der Waals surface area contributed by atoms with Gasteiger partial charge in [-0.2, -0.15) is 0 Å². The van der Waals surface area contributed by atoms with E-state index < -0.39 is 0 Å². The zero-order valence-electron chi connectivity index (χ0n) is 13.1. The van der Waals surface area contributed by atoms with Crippen molar-refractivity contribution in [3.8, 4) is 0 Å². The number of nitrogen functional groups attached to an aromatic ring is 1. The van der Waals surface area contributed by atoms with Gasteiger partial charge in [-0.05, 0) is 31.0 Å². The van der Waals surface area contributed by atoms with Gasteiger partial charge in [-0.1, -0.05) is 30.3 Å². The molecule has 1 fully saturated rings. The van der Waals surface area contributed by atoms with Crippen molar-refractivity contribution in [2.75, 3.05) is 18.8 Å². The fourth-order valence-corrected chi connectivity index (χ4v) is 3.02. The van der Waals surface area contributed by atoms with E-state index in [4.69, 9.17) is 5.73 Å². The summed E-state index contributed by atoms with van der Waals surface area (Å²) in [6, 6.07) is 12.2. The lowest BCUT2D eigenvalue weighted by atomic mass is 10.0. The number of benzene rings is 1. The van der Waals surface area contributed by atoms with Gasteiger partial charge in [0, 0.05) is 37.2 Å². The van der Waals surface area contributed by atoms with Gasteiger partial charge in [0.1, 0.15) is 0 Å². The largest absolute Gasteiger partial charge is 0.398 e. The van der Waals surface area contributed by atoms with Gasteiger partial charge in [0.15, 0.2) is 0 Å². The minimum absolute atomic E-state index is 0.137. The summed E-state index contributed by atoms with van der Waals surface area (Å²) in [4.78, 5) is 18.7. The van der Waals surface area contributed by atoms with Crippen LogP contribution in [0, 0.1) is 0 Å². The third kappa shape index (κ3) is 4.07. The Balaban J connectivity index is 1.58. The Morgan fingerprint density at radius 2 is 2.13 bits per heavy atom. The Bertz CT molecular complexity index is 659. The van der Waals surface area contributed by atoms with Gasteiger partial charge in [-0.15, -0.1) is 0 Å². The van der Waals surface area contributed by atoms with Crippen LogP contribution in [-0.2, 0) is 6.54 Å². The molecule has 0 bridgehead atoms. The van der Waals surface area contributed by atoms with Crippen LogP contribution in [0.4, 0.5) is 5.69 Å². The highest BCUT2D eigenvalue weighted by Crippen LogP contribution is 2.15. The number of carbonyl (C=O) groups is 1. The van der Waals surface area contributed by atoms with Gasteiger partial charge < -0.3 is 11.1 Å². The molecule has 1 saturated heterocycles. The van der Waals surface area contributed by atoms with Gasteiger partial charge in [0.2, 0.25) is 0 Å². The number of nitrogens with zero attached hydrogens (tertiary/aromatic N) is 2. The maximum atomic E-state index is 12.3. The molecule has 23 heavy (non-hydrogen) atoms. The molecule has 120 valence electrons. The van der Waals surface area contributed by atoms with Crippen LogP contribution in [0.3, 0.4) is 0 Å². The maximum absolute atomic E-state index is 12.3. The minimum Gasteiger partial charge on any atom is -0.398 e. The number of amides is 1. The lowest BCUT2D eigenvalue weighted by molar-refractivity contribution is 0.0901. The molecule has 3 N–H and O–H groups in total. The molecule has 1 atom stereocenters. The van der Waals surface area contributed by atoms with Crippen molar-refractivity contribution in [2.24, 2.45) is 0 Å². The van der Waals surface area contributed by atoms with Crippen molar-refractivity contribution in [3.63, 3.8) is 0 Å². The average Bonchev–Trinajstić information content (AvgIpc) is 2.56. The van der Waals surface area contributed by atoms with Crippen LogP contribution in [0.1, 0.15) is 28.8 Å². The third-order valence-electron chi connectivity index (χ3n) is 4.19. The number of likely N-dealkylation sites (tertiary alicyclic amines) is 1. The van der Waals surface area contributed by atoms with Crippen LogP contribution < -0.4 is 11.1 Å². The molecule has 5 nitrogen and oxygen atoms in total. The summed E-state index contributed by atoms with van der Waals surface area (Å²) in [5.74, 6) is -0.137. The molecular weight excluding hydrogens is 288 g/mol. The molecule has 1 aromatic carbocycles. The van der Waals surface area contributed by atoms with Gasteiger partial charge in [0.25, 0.3) is 5.91 Å². The van der Waals surface area contributed by atoms with Crippen molar-refractivity contribution < 1.29 is 4.79 Å². The van der Waals surface area contributed by atoms with E-state index in [1.165, 1.54) is 11.8 Å². The molecule has 1 aliphatic heterocycles. The molecule has 3 rings (SSSR count). The number of hydrogen-bond acceptors (Lipinski definition) is 4. The van der Waals surface area contributed by atoms with Gasteiger partial charge in [-0.25, -0.2) is 0 Å². The fourth-order valence-electron chi connectivity index (χ4n) is 3.02. The molecule has 1 amide bonds. The summed E-state index contributed by atoms with van der Waals surface area (Å²) in [7, 11) is 0. The second-order valence-electron chi connectivity index (χ2n) is 6.00. The van der Waals surface area contributed by atoms with E-state index in [-0.39, 0.29) is 11.9 Å². The first-order valence-corrected chi connectivity index (χ1v) is 7.99. The Kier molecular flexibility index (Phi) is 4.88. The Hall–Kier alpha value is -2.40. The highest BCUT2D eigenvalue weighted by molar-refractivity contribution is 5.98. The highest BCUT2D eigenvalue weighted by atomic mass is 16.1. The highest BCUT2D eigenvalue weighted by Gasteiger charge is 2.22. The molecule has 0 spiro atoms. The van der Waals surface area contributed by atoms with Gasteiger partial charge in [0.05, 0.1) is 5.56 Å². The number of carbonyl (C=O) groups excluding carboxylic acids is 1. The molecule has 1 aliphatic rings. The predicted molar refractivity (Wildman–Crippen MR) is 90.9 cm³/mol. The molecular formula is C18H22N4O. The third-order valence-corrected chi connectivity index (χ3v) is 4.19. The Morgan fingerprint density at radius 3 is 2.91 bits per heavy atom. The van der Waals surface area contributed by atoms with E-state index in [0.29, 0.717) is 11.3 Å². The molecule has 2 aromatic rings. The first-order valence-electron chi connectivity index (χ1n) is 7.99. The van der Waals surface area contributed by atoms with E-state index >= 15 is 0 Å². The molecule has 2 heterocycles. The summed E-state index contributed by atoms with van der Waals surface area (Å²) in [5.41, 5.74) is 8.07. The second kappa shape index (κ2) is 7.24. The van der Waals surface area contributed by atoms with Gasteiger partial charge >= 0.3 is 0 Å². The van der Waals surface area contributed by atoms with E-state index in [1.807, 2.05) is 6.07 Å². The number of pyridine rings is 1. The molecule has 0 saturated carbocycles. The zero-order valence-corrected chi connectivity index (χ0v) is 13.1. The minimum atomic E-state index is -0.137. The standard InChI is InChI=1S/C18H22N4O/c19-17-8-9-20-11-16(17)18(23)21-15-7-4-10-22(13-15)12-14-5-2-1-3-6-14/h1-3,5-6,8-9,11,15H,4,7,10,12-13H2,(H2,19,20)(H,21,23). The summed E-state index contributed by atoms with van der Waals surface area (Å²) in [6.45, 7) is 2.85. The van der Waals surface area contributed by atoms with Crippen LogP contribution in [0.5, 0.6) is 0 Å². The Morgan fingerprint density at radius 1 is 1.30 bits per heavy atom. The summed E-state index contributed by atoms with van der Waals surface area (Å²) < 4.78 is 0. The number of hydrogen-bond donors (Lipinski definition) is 2. The average molecular weight is 310 g/mol. The van der Waals surface area contributed by atoms with Crippen molar-refractivity contribution >= 4 is 11.6 Å². The second-order valence-corrected chi connectivity index (χ2v) is 6.00. The van der Waals surface area contributed by atoms with Crippen molar-refractivity contribution in [1.29, 1.82) is 0 Å². The number of rotatable bonds is 4. The van der Waals surface area contributed by atoms with Gasteiger partial charge in [-0.3, -0.25) is 14.7 Å². The number of nitrogens with one attached hydrogen (secondary N) is 1. The summed E-state index contributed by atoms with van der Waals surface area (Å²) >= 11 is 0. The smallest absolute Gasteiger partial charge is 0.255 e. The zero-order chi connectivity index (χ0) is 16.1. The van der Waals surface area contributed by atoms with Crippen LogP contribution in [0.2, 0.25) is 0 Å². The summed E-state index contributed by atoms with van der Waals surface area (Å²) in [6.07, 6.45) is 5.20. The van der Waals surface area contributed by atoms with Crippen molar-refractivity contribution in [2.45, 2.75) is 25.4 Å². The number of nitrogens with two attached hydrogens (primary N) is 1. The fraction of sp³-hybridized carbons (Fsp3) is 0.333. The van der Waals surface area contributed by atoms with Crippen LogP contribution >= 0.6 is 0 Å². The van der Waals surface area contributed by atoms with Crippen LogP contribution in [-0.4, -0.2) is 34.9 Å².